The van der Waals surface area contributed by atoms with Gasteiger partial charge in [0.15, 0.2) is 0 Å². The smallest absolute Gasteiger partial charge is 0.128 e. The van der Waals surface area contributed by atoms with Crippen molar-refractivity contribution in [2.45, 2.75) is 52.6 Å². The van der Waals surface area contributed by atoms with Gasteiger partial charge in [-0.15, -0.1) is 0 Å². The zero-order chi connectivity index (χ0) is 13.5. The first kappa shape index (κ1) is 15.0. The number of pyridine rings is 1. The van der Waals surface area contributed by atoms with E-state index in [-0.39, 0.29) is 0 Å². The van der Waals surface area contributed by atoms with Crippen molar-refractivity contribution < 1.29 is 0 Å². The highest BCUT2D eigenvalue weighted by Gasteiger charge is 2.10. The Bertz CT molecular complexity index is 334. The van der Waals surface area contributed by atoms with Crippen LogP contribution in [0.1, 0.15) is 52.1 Å². The first-order valence-electron chi connectivity index (χ1n) is 7.02. The molecule has 0 aliphatic rings. The SMILES string of the molecule is CCCNC(C)c1ccc(N(C)C(C)CC)nc1. The van der Waals surface area contributed by atoms with E-state index in [0.717, 1.165) is 25.2 Å². The Labute approximate surface area is 112 Å². The lowest BCUT2D eigenvalue weighted by Crippen LogP contribution is -2.28. The molecule has 1 rings (SSSR count). The van der Waals surface area contributed by atoms with Crippen LogP contribution < -0.4 is 10.2 Å². The maximum atomic E-state index is 4.56. The molecule has 3 heteroatoms. The second-order valence-corrected chi connectivity index (χ2v) is 4.99. The maximum Gasteiger partial charge on any atom is 0.128 e. The second kappa shape index (κ2) is 7.37. The van der Waals surface area contributed by atoms with Crippen LogP contribution in [0, 0.1) is 0 Å². The third-order valence-electron chi connectivity index (χ3n) is 3.58. The maximum absolute atomic E-state index is 4.56. The Hall–Kier alpha value is -1.09. The highest BCUT2D eigenvalue weighted by atomic mass is 15.2. The molecule has 0 saturated carbocycles. The van der Waals surface area contributed by atoms with Gasteiger partial charge in [-0.05, 0) is 44.9 Å². The van der Waals surface area contributed by atoms with Crippen LogP contribution in [0.25, 0.3) is 0 Å². The number of hydrogen-bond acceptors (Lipinski definition) is 3. The van der Waals surface area contributed by atoms with Gasteiger partial charge in [0.2, 0.25) is 0 Å². The molecule has 0 aliphatic heterocycles. The van der Waals surface area contributed by atoms with Gasteiger partial charge in [0, 0.05) is 25.3 Å². The molecule has 0 aliphatic carbocycles. The fourth-order valence-corrected chi connectivity index (χ4v) is 1.84. The zero-order valence-electron chi connectivity index (χ0n) is 12.4. The highest BCUT2D eigenvalue weighted by molar-refractivity contribution is 5.39. The van der Waals surface area contributed by atoms with Crippen LogP contribution >= 0.6 is 0 Å². The number of aromatic nitrogens is 1. The van der Waals surface area contributed by atoms with Crippen molar-refractivity contribution in [2.75, 3.05) is 18.5 Å². The minimum atomic E-state index is 0.375. The van der Waals surface area contributed by atoms with E-state index in [4.69, 9.17) is 0 Å². The Kier molecular flexibility index (Phi) is 6.13. The summed E-state index contributed by atoms with van der Waals surface area (Å²) >= 11 is 0. The predicted octanol–water partition coefficient (Wildman–Crippen LogP) is 3.38. The summed E-state index contributed by atoms with van der Waals surface area (Å²) in [5.74, 6) is 1.05. The van der Waals surface area contributed by atoms with Gasteiger partial charge in [-0.1, -0.05) is 19.9 Å². The first-order chi connectivity index (χ1) is 8.60. The van der Waals surface area contributed by atoms with Crippen LogP contribution in [0.15, 0.2) is 18.3 Å². The molecule has 0 spiro atoms. The molecule has 1 aromatic rings. The lowest BCUT2D eigenvalue weighted by atomic mass is 10.1. The molecule has 0 radical (unpaired) electrons. The van der Waals surface area contributed by atoms with Gasteiger partial charge >= 0.3 is 0 Å². The molecule has 0 bridgehead atoms. The molecule has 18 heavy (non-hydrogen) atoms. The summed E-state index contributed by atoms with van der Waals surface area (Å²) in [6.07, 6.45) is 4.28. The minimum Gasteiger partial charge on any atom is -0.357 e. The van der Waals surface area contributed by atoms with E-state index in [1.54, 1.807) is 0 Å². The van der Waals surface area contributed by atoms with Gasteiger partial charge in [0.1, 0.15) is 5.82 Å². The molecule has 3 nitrogen and oxygen atoms in total. The van der Waals surface area contributed by atoms with Gasteiger partial charge in [0.05, 0.1) is 0 Å². The summed E-state index contributed by atoms with van der Waals surface area (Å²) < 4.78 is 0. The van der Waals surface area contributed by atoms with Crippen LogP contribution in [0.4, 0.5) is 5.82 Å². The number of rotatable bonds is 7. The Balaban J connectivity index is 2.67. The first-order valence-corrected chi connectivity index (χ1v) is 7.02. The largest absolute Gasteiger partial charge is 0.357 e. The van der Waals surface area contributed by atoms with Crippen molar-refractivity contribution in [3.8, 4) is 0 Å². The standard InChI is InChI=1S/C15H27N3/c1-6-10-16-13(4)14-8-9-15(17-11-14)18(5)12(3)7-2/h8-9,11-13,16H,6-7,10H2,1-5H3. The number of nitrogens with one attached hydrogen (secondary N) is 1. The molecular formula is C15H27N3. The third kappa shape index (κ3) is 3.98. The van der Waals surface area contributed by atoms with Crippen LogP contribution in [0.5, 0.6) is 0 Å². The zero-order valence-corrected chi connectivity index (χ0v) is 12.4. The van der Waals surface area contributed by atoms with Gasteiger partial charge in [-0.2, -0.15) is 0 Å². The van der Waals surface area contributed by atoms with Crippen LogP contribution in [0.3, 0.4) is 0 Å². The van der Waals surface area contributed by atoms with Crippen LogP contribution in [-0.2, 0) is 0 Å². The lowest BCUT2D eigenvalue weighted by Gasteiger charge is -2.25. The van der Waals surface area contributed by atoms with Gasteiger partial charge in [-0.25, -0.2) is 4.98 Å². The van der Waals surface area contributed by atoms with Crippen molar-refractivity contribution in [1.29, 1.82) is 0 Å². The van der Waals surface area contributed by atoms with Crippen molar-refractivity contribution in [2.24, 2.45) is 0 Å². The average molecular weight is 249 g/mol. The van der Waals surface area contributed by atoms with E-state index in [9.17, 15) is 0 Å². The van der Waals surface area contributed by atoms with E-state index in [0.29, 0.717) is 12.1 Å². The van der Waals surface area contributed by atoms with Gasteiger partial charge < -0.3 is 10.2 Å². The highest BCUT2D eigenvalue weighted by Crippen LogP contribution is 2.17. The van der Waals surface area contributed by atoms with E-state index >= 15 is 0 Å². The summed E-state index contributed by atoms with van der Waals surface area (Å²) in [5.41, 5.74) is 1.25. The van der Waals surface area contributed by atoms with Crippen molar-refractivity contribution in [3.05, 3.63) is 23.9 Å². The summed E-state index contributed by atoms with van der Waals surface area (Å²) in [7, 11) is 2.11. The molecule has 0 amide bonds. The normalized spacial score (nSPS) is 14.3. The summed E-state index contributed by atoms with van der Waals surface area (Å²) in [6.45, 7) is 9.84. The Morgan fingerprint density at radius 1 is 1.28 bits per heavy atom. The third-order valence-corrected chi connectivity index (χ3v) is 3.58. The van der Waals surface area contributed by atoms with E-state index in [1.165, 1.54) is 5.56 Å². The molecule has 2 atom stereocenters. The molecule has 0 aromatic carbocycles. The summed E-state index contributed by atoms with van der Waals surface area (Å²) in [6, 6.07) is 5.19. The Morgan fingerprint density at radius 2 is 2.00 bits per heavy atom. The fraction of sp³-hybridized carbons (Fsp3) is 0.667. The van der Waals surface area contributed by atoms with Gasteiger partial charge in [-0.3, -0.25) is 0 Å². The number of hydrogen-bond donors (Lipinski definition) is 1. The number of anilines is 1. The molecule has 1 N–H and O–H groups in total. The number of nitrogens with zero attached hydrogens (tertiary/aromatic N) is 2. The lowest BCUT2D eigenvalue weighted by molar-refractivity contribution is 0.568. The monoisotopic (exact) mass is 249 g/mol. The van der Waals surface area contributed by atoms with E-state index < -0.39 is 0 Å². The van der Waals surface area contributed by atoms with E-state index in [2.05, 4.69) is 62.1 Å². The van der Waals surface area contributed by atoms with Crippen molar-refractivity contribution >= 4 is 5.82 Å². The average Bonchev–Trinajstić information content (AvgIpc) is 2.43. The molecule has 1 aromatic heterocycles. The summed E-state index contributed by atoms with van der Waals surface area (Å²) in [4.78, 5) is 6.79. The topological polar surface area (TPSA) is 28.2 Å². The molecular weight excluding hydrogens is 222 g/mol. The quantitative estimate of drug-likeness (QED) is 0.803. The molecule has 102 valence electrons. The fourth-order valence-electron chi connectivity index (χ4n) is 1.84. The Morgan fingerprint density at radius 3 is 2.50 bits per heavy atom. The molecule has 1 heterocycles. The second-order valence-electron chi connectivity index (χ2n) is 4.99. The minimum absolute atomic E-state index is 0.375. The van der Waals surface area contributed by atoms with Crippen molar-refractivity contribution in [3.63, 3.8) is 0 Å². The van der Waals surface area contributed by atoms with E-state index in [1.807, 2.05) is 6.20 Å². The van der Waals surface area contributed by atoms with Crippen LogP contribution in [-0.4, -0.2) is 24.6 Å². The predicted molar refractivity (Wildman–Crippen MR) is 79.1 cm³/mol. The molecule has 2 unspecified atom stereocenters. The van der Waals surface area contributed by atoms with Crippen LogP contribution in [0.2, 0.25) is 0 Å². The van der Waals surface area contributed by atoms with Gasteiger partial charge in [0.25, 0.3) is 0 Å². The molecule has 0 saturated heterocycles. The summed E-state index contributed by atoms with van der Waals surface area (Å²) in [5, 5.41) is 3.48. The molecule has 0 fully saturated rings. The van der Waals surface area contributed by atoms with Crippen molar-refractivity contribution in [1.82, 2.24) is 10.3 Å².